The average Bonchev–Trinajstić information content (AvgIpc) is 2.23. The number of alkyl halides is 3. The molecule has 17 heavy (non-hydrogen) atoms. The summed E-state index contributed by atoms with van der Waals surface area (Å²) in [5, 5.41) is 9.40. The van der Waals surface area contributed by atoms with Crippen LogP contribution < -0.4 is 10.2 Å². The van der Waals surface area contributed by atoms with Crippen molar-refractivity contribution in [1.29, 1.82) is 0 Å². The van der Waals surface area contributed by atoms with Crippen LogP contribution in [-0.4, -0.2) is 25.0 Å². The molecular formula is C10H12F3NO3. The van der Waals surface area contributed by atoms with E-state index in [1.807, 2.05) is 0 Å². The van der Waals surface area contributed by atoms with Crippen molar-refractivity contribution >= 4 is 0 Å². The zero-order chi connectivity index (χ0) is 12.9. The summed E-state index contributed by atoms with van der Waals surface area (Å²) in [6.45, 7) is -1.32. The Bertz CT molecular complexity index is 368. The Morgan fingerprint density at radius 3 is 2.59 bits per heavy atom. The molecule has 96 valence electrons. The van der Waals surface area contributed by atoms with E-state index in [0.717, 1.165) is 0 Å². The SMILES string of the molecule is COc1ccc(CNOCC(F)(F)F)cc1O. The van der Waals surface area contributed by atoms with Crippen molar-refractivity contribution in [2.45, 2.75) is 12.7 Å². The first-order valence-corrected chi connectivity index (χ1v) is 4.69. The van der Waals surface area contributed by atoms with Gasteiger partial charge in [0.05, 0.1) is 7.11 Å². The minimum absolute atomic E-state index is 0.0492. The topological polar surface area (TPSA) is 50.7 Å². The van der Waals surface area contributed by atoms with Gasteiger partial charge in [-0.1, -0.05) is 6.07 Å². The Balaban J connectivity index is 2.40. The van der Waals surface area contributed by atoms with Crippen LogP contribution in [0, 0.1) is 0 Å². The van der Waals surface area contributed by atoms with Gasteiger partial charge in [-0.05, 0) is 17.7 Å². The van der Waals surface area contributed by atoms with Crippen LogP contribution in [0.25, 0.3) is 0 Å². The Kier molecular flexibility index (Phi) is 4.59. The standard InChI is InChI=1S/C10H12F3NO3/c1-16-9-3-2-7(4-8(9)15)5-14-17-6-10(11,12)13/h2-4,14-15H,5-6H2,1H3. The summed E-state index contributed by atoms with van der Waals surface area (Å²) >= 11 is 0. The molecule has 1 aromatic carbocycles. The number of nitrogens with one attached hydrogen (secondary N) is 1. The Hall–Kier alpha value is -1.47. The number of hydroxylamine groups is 1. The number of phenols is 1. The molecule has 4 nitrogen and oxygen atoms in total. The second-order valence-electron chi connectivity index (χ2n) is 3.23. The molecule has 2 N–H and O–H groups in total. The van der Waals surface area contributed by atoms with E-state index in [9.17, 15) is 18.3 Å². The van der Waals surface area contributed by atoms with Gasteiger partial charge in [0.15, 0.2) is 18.1 Å². The molecule has 0 unspecified atom stereocenters. The lowest BCUT2D eigenvalue weighted by Gasteiger charge is -2.09. The van der Waals surface area contributed by atoms with Crippen molar-refractivity contribution < 1.29 is 27.9 Å². The van der Waals surface area contributed by atoms with Crippen LogP contribution in [-0.2, 0) is 11.4 Å². The molecule has 0 atom stereocenters. The van der Waals surface area contributed by atoms with E-state index in [4.69, 9.17) is 4.74 Å². The first kappa shape index (κ1) is 13.6. The van der Waals surface area contributed by atoms with Gasteiger partial charge in [-0.15, -0.1) is 0 Å². The van der Waals surface area contributed by atoms with Crippen LogP contribution in [0.1, 0.15) is 5.56 Å². The Morgan fingerprint density at radius 2 is 2.06 bits per heavy atom. The third kappa shape index (κ3) is 4.92. The van der Waals surface area contributed by atoms with E-state index in [-0.39, 0.29) is 12.3 Å². The minimum atomic E-state index is -4.37. The molecule has 0 amide bonds. The maximum absolute atomic E-state index is 11.7. The van der Waals surface area contributed by atoms with Crippen molar-refractivity contribution in [2.75, 3.05) is 13.7 Å². The predicted octanol–water partition coefficient (Wildman–Crippen LogP) is 1.98. The van der Waals surface area contributed by atoms with Crippen LogP contribution in [0.15, 0.2) is 18.2 Å². The van der Waals surface area contributed by atoms with Gasteiger partial charge < -0.3 is 9.84 Å². The largest absolute Gasteiger partial charge is 0.504 e. The first-order valence-electron chi connectivity index (χ1n) is 4.69. The molecule has 0 aliphatic carbocycles. The van der Waals surface area contributed by atoms with Crippen molar-refractivity contribution in [3.63, 3.8) is 0 Å². The highest BCUT2D eigenvalue weighted by Gasteiger charge is 2.27. The van der Waals surface area contributed by atoms with Crippen molar-refractivity contribution in [2.24, 2.45) is 0 Å². The molecule has 0 aliphatic rings. The zero-order valence-corrected chi connectivity index (χ0v) is 9.04. The predicted molar refractivity (Wildman–Crippen MR) is 53.5 cm³/mol. The number of halogens is 3. The highest BCUT2D eigenvalue weighted by molar-refractivity contribution is 5.41. The summed E-state index contributed by atoms with van der Waals surface area (Å²) in [6.07, 6.45) is -4.37. The molecule has 0 saturated heterocycles. The van der Waals surface area contributed by atoms with Crippen molar-refractivity contribution in [3.05, 3.63) is 23.8 Å². The number of ether oxygens (including phenoxy) is 1. The van der Waals surface area contributed by atoms with Gasteiger partial charge in [-0.2, -0.15) is 18.7 Å². The number of phenolic OH excluding ortho intramolecular Hbond substituents is 1. The molecule has 0 saturated carbocycles. The zero-order valence-electron chi connectivity index (χ0n) is 9.04. The molecular weight excluding hydrogens is 239 g/mol. The molecule has 0 fully saturated rings. The molecule has 0 spiro atoms. The molecule has 0 aliphatic heterocycles. The van der Waals surface area contributed by atoms with Gasteiger partial charge in [0.1, 0.15) is 0 Å². The monoisotopic (exact) mass is 251 g/mol. The van der Waals surface area contributed by atoms with Crippen LogP contribution in [0.4, 0.5) is 13.2 Å². The third-order valence-electron chi connectivity index (χ3n) is 1.86. The fourth-order valence-corrected chi connectivity index (χ4v) is 1.11. The van der Waals surface area contributed by atoms with Gasteiger partial charge in [-0.3, -0.25) is 4.84 Å². The maximum atomic E-state index is 11.7. The number of hydrogen-bond acceptors (Lipinski definition) is 4. The summed E-state index contributed by atoms with van der Waals surface area (Å²) in [5.41, 5.74) is 2.73. The second kappa shape index (κ2) is 5.74. The molecule has 1 aromatic rings. The smallest absolute Gasteiger partial charge is 0.413 e. The van der Waals surface area contributed by atoms with E-state index < -0.39 is 12.8 Å². The average molecular weight is 251 g/mol. The highest BCUT2D eigenvalue weighted by Crippen LogP contribution is 2.26. The van der Waals surface area contributed by atoms with Crippen LogP contribution in [0.5, 0.6) is 11.5 Å². The molecule has 7 heteroatoms. The Labute approximate surface area is 95.9 Å². The quantitative estimate of drug-likeness (QED) is 0.620. The number of aromatic hydroxyl groups is 1. The van der Waals surface area contributed by atoms with Crippen LogP contribution in [0.3, 0.4) is 0 Å². The van der Waals surface area contributed by atoms with E-state index in [0.29, 0.717) is 11.3 Å². The van der Waals surface area contributed by atoms with E-state index >= 15 is 0 Å². The summed E-state index contributed by atoms with van der Waals surface area (Å²) in [6, 6.07) is 4.49. The fraction of sp³-hybridized carbons (Fsp3) is 0.400. The summed E-state index contributed by atoms with van der Waals surface area (Å²) in [7, 11) is 1.40. The van der Waals surface area contributed by atoms with Gasteiger partial charge in [0.25, 0.3) is 0 Å². The Morgan fingerprint density at radius 1 is 1.35 bits per heavy atom. The maximum Gasteiger partial charge on any atom is 0.413 e. The molecule has 0 heterocycles. The van der Waals surface area contributed by atoms with Gasteiger partial charge >= 0.3 is 6.18 Å². The fourth-order valence-electron chi connectivity index (χ4n) is 1.11. The second-order valence-corrected chi connectivity index (χ2v) is 3.23. The van der Waals surface area contributed by atoms with E-state index in [2.05, 4.69) is 10.3 Å². The lowest BCUT2D eigenvalue weighted by molar-refractivity contribution is -0.190. The van der Waals surface area contributed by atoms with Crippen molar-refractivity contribution in [1.82, 2.24) is 5.48 Å². The normalized spacial score (nSPS) is 11.5. The number of rotatable bonds is 5. The van der Waals surface area contributed by atoms with E-state index in [1.165, 1.54) is 19.2 Å². The van der Waals surface area contributed by atoms with Crippen molar-refractivity contribution in [3.8, 4) is 11.5 Å². The van der Waals surface area contributed by atoms with Gasteiger partial charge in [0.2, 0.25) is 0 Å². The molecule has 1 rings (SSSR count). The van der Waals surface area contributed by atoms with Crippen LogP contribution >= 0.6 is 0 Å². The van der Waals surface area contributed by atoms with Crippen LogP contribution in [0.2, 0.25) is 0 Å². The lowest BCUT2D eigenvalue weighted by Crippen LogP contribution is -2.24. The lowest BCUT2D eigenvalue weighted by atomic mass is 10.2. The third-order valence-corrected chi connectivity index (χ3v) is 1.86. The first-order chi connectivity index (χ1) is 7.92. The summed E-state index contributed by atoms with van der Waals surface area (Å²) in [4.78, 5) is 4.21. The minimum Gasteiger partial charge on any atom is -0.504 e. The molecule has 0 aromatic heterocycles. The molecule has 0 bridgehead atoms. The number of hydrogen-bond donors (Lipinski definition) is 2. The number of methoxy groups -OCH3 is 1. The highest BCUT2D eigenvalue weighted by atomic mass is 19.4. The van der Waals surface area contributed by atoms with Gasteiger partial charge in [-0.25, -0.2) is 0 Å². The number of benzene rings is 1. The molecule has 0 radical (unpaired) electrons. The summed E-state index contributed by atoms with van der Waals surface area (Å²) < 4.78 is 40.0. The van der Waals surface area contributed by atoms with Gasteiger partial charge in [0, 0.05) is 6.54 Å². The summed E-state index contributed by atoms with van der Waals surface area (Å²) in [5.74, 6) is 0.215. The van der Waals surface area contributed by atoms with E-state index in [1.54, 1.807) is 6.07 Å².